The lowest BCUT2D eigenvalue weighted by molar-refractivity contribution is -0.385. The summed E-state index contributed by atoms with van der Waals surface area (Å²) in [5.41, 5.74) is 12.3. The Balaban J connectivity index is 0.00000420. The van der Waals surface area contributed by atoms with E-state index in [9.17, 15) is 20.2 Å². The van der Waals surface area contributed by atoms with Crippen molar-refractivity contribution >= 4 is 67.3 Å². The molecule has 0 saturated heterocycles. The van der Waals surface area contributed by atoms with Gasteiger partial charge in [-0.15, -0.1) is 12.4 Å². The van der Waals surface area contributed by atoms with E-state index in [0.29, 0.717) is 20.1 Å². The van der Waals surface area contributed by atoms with Crippen LogP contribution in [0.1, 0.15) is 11.1 Å². The van der Waals surface area contributed by atoms with Crippen molar-refractivity contribution in [3.63, 3.8) is 0 Å². The molecule has 0 saturated carbocycles. The fourth-order valence-corrected chi connectivity index (χ4v) is 3.14. The molecule has 0 atom stereocenters. The molecule has 2 rings (SSSR count). The number of non-ortho nitro benzene ring substituents is 2. The molecule has 10 nitrogen and oxygen atoms in total. The first-order valence-corrected chi connectivity index (χ1v) is 9.26. The first kappa shape index (κ1) is 24.5. The van der Waals surface area contributed by atoms with Crippen molar-refractivity contribution in [1.29, 1.82) is 0 Å². The van der Waals surface area contributed by atoms with Gasteiger partial charge in [0, 0.05) is 44.3 Å². The van der Waals surface area contributed by atoms with Crippen LogP contribution >= 0.6 is 44.3 Å². The number of halogens is 3. The molecule has 13 heteroatoms. The SMILES string of the molecule is Cl.NC(=NCCN=C(N)c1cc(Br)cc([N+](=O)[O-])c1)c1cc(Br)cc([N+](=O)[O-])c1. The van der Waals surface area contributed by atoms with Crippen LogP contribution in [0.2, 0.25) is 0 Å². The van der Waals surface area contributed by atoms with Crippen LogP contribution in [0.15, 0.2) is 55.3 Å². The van der Waals surface area contributed by atoms with Gasteiger partial charge in [-0.2, -0.15) is 0 Å². The highest BCUT2D eigenvalue weighted by atomic mass is 79.9. The lowest BCUT2D eigenvalue weighted by Gasteiger charge is -2.04. The second-order valence-corrected chi connectivity index (χ2v) is 7.28. The number of amidine groups is 2. The maximum atomic E-state index is 10.9. The summed E-state index contributed by atoms with van der Waals surface area (Å²) < 4.78 is 1.02. The minimum absolute atomic E-state index is 0. The molecule has 0 aromatic heterocycles. The molecule has 154 valence electrons. The number of nitrogens with two attached hydrogens (primary N) is 2. The Hall–Kier alpha value is -2.57. The summed E-state index contributed by atoms with van der Waals surface area (Å²) in [6.07, 6.45) is 0. The molecule has 0 aliphatic rings. The number of hydrogen-bond donors (Lipinski definition) is 2. The zero-order valence-electron chi connectivity index (χ0n) is 14.6. The maximum Gasteiger partial charge on any atom is 0.271 e. The van der Waals surface area contributed by atoms with Gasteiger partial charge < -0.3 is 11.5 Å². The molecule has 0 radical (unpaired) electrons. The number of nitro groups is 2. The van der Waals surface area contributed by atoms with Crippen molar-refractivity contribution in [2.45, 2.75) is 0 Å². The monoisotopic (exact) mass is 548 g/mol. The first-order chi connectivity index (χ1) is 13.2. The van der Waals surface area contributed by atoms with Gasteiger partial charge in [0.25, 0.3) is 11.4 Å². The van der Waals surface area contributed by atoms with Gasteiger partial charge in [0.15, 0.2) is 0 Å². The standard InChI is InChI=1S/C16H14Br2N6O4.ClH/c17-11-3-9(5-13(7-11)23(25)26)15(19)21-1-2-22-16(20)10-4-12(18)8-14(6-10)24(27)28;/h3-8H,1-2H2,(H2,19,21)(H2,20,22);1H. The van der Waals surface area contributed by atoms with E-state index in [-0.39, 0.29) is 48.5 Å². The molecular formula is C16H15Br2ClN6O4. The van der Waals surface area contributed by atoms with E-state index >= 15 is 0 Å². The van der Waals surface area contributed by atoms with Gasteiger partial charge in [0.05, 0.1) is 22.9 Å². The normalized spacial score (nSPS) is 11.7. The van der Waals surface area contributed by atoms with Crippen LogP contribution in [0.4, 0.5) is 11.4 Å². The van der Waals surface area contributed by atoms with Crippen LogP contribution in [0.25, 0.3) is 0 Å². The molecular weight excluding hydrogens is 535 g/mol. The van der Waals surface area contributed by atoms with Crippen molar-refractivity contribution in [2.75, 3.05) is 13.1 Å². The van der Waals surface area contributed by atoms with Crippen LogP contribution in [-0.2, 0) is 0 Å². The predicted octanol–water partition coefficient (Wildman–Crippen LogP) is 3.56. The molecule has 0 unspecified atom stereocenters. The Labute approximate surface area is 188 Å². The molecule has 0 aliphatic heterocycles. The van der Waals surface area contributed by atoms with E-state index in [4.69, 9.17) is 11.5 Å². The fourth-order valence-electron chi connectivity index (χ4n) is 2.18. The number of nitro benzene ring substituents is 2. The summed E-state index contributed by atoms with van der Waals surface area (Å²) in [6, 6.07) is 8.59. The Kier molecular flexibility index (Phi) is 9.14. The average molecular weight is 551 g/mol. The largest absolute Gasteiger partial charge is 0.384 e. The van der Waals surface area contributed by atoms with Gasteiger partial charge in [-0.25, -0.2) is 0 Å². The maximum absolute atomic E-state index is 10.9. The molecule has 0 fully saturated rings. The molecule has 0 bridgehead atoms. The minimum Gasteiger partial charge on any atom is -0.384 e. The third-order valence-corrected chi connectivity index (χ3v) is 4.36. The molecule has 0 aliphatic carbocycles. The molecule has 0 amide bonds. The van der Waals surface area contributed by atoms with Gasteiger partial charge in [-0.3, -0.25) is 30.2 Å². The highest BCUT2D eigenvalue weighted by Gasteiger charge is 2.12. The average Bonchev–Trinajstić information content (AvgIpc) is 2.63. The van der Waals surface area contributed by atoms with E-state index in [2.05, 4.69) is 41.8 Å². The molecule has 2 aromatic rings. The fraction of sp³-hybridized carbons (Fsp3) is 0.125. The Morgan fingerprint density at radius 1 is 0.793 bits per heavy atom. The quantitative estimate of drug-likeness (QED) is 0.176. The molecule has 4 N–H and O–H groups in total. The van der Waals surface area contributed by atoms with Gasteiger partial charge in [-0.1, -0.05) is 31.9 Å². The van der Waals surface area contributed by atoms with Gasteiger partial charge in [0.1, 0.15) is 11.7 Å². The van der Waals surface area contributed by atoms with Crippen molar-refractivity contribution < 1.29 is 9.85 Å². The van der Waals surface area contributed by atoms with Gasteiger partial charge in [0.2, 0.25) is 0 Å². The van der Waals surface area contributed by atoms with Crippen molar-refractivity contribution in [3.05, 3.63) is 76.7 Å². The second-order valence-electron chi connectivity index (χ2n) is 5.44. The van der Waals surface area contributed by atoms with Crippen LogP contribution in [0, 0.1) is 20.2 Å². The van der Waals surface area contributed by atoms with Gasteiger partial charge in [-0.05, 0) is 12.1 Å². The van der Waals surface area contributed by atoms with Crippen molar-refractivity contribution in [3.8, 4) is 0 Å². The van der Waals surface area contributed by atoms with E-state index in [0.717, 1.165) is 0 Å². The number of rotatable bonds is 7. The van der Waals surface area contributed by atoms with Gasteiger partial charge >= 0.3 is 0 Å². The zero-order chi connectivity index (χ0) is 20.8. The summed E-state index contributed by atoms with van der Waals surface area (Å²) in [5, 5.41) is 21.8. The lowest BCUT2D eigenvalue weighted by atomic mass is 10.2. The van der Waals surface area contributed by atoms with Crippen molar-refractivity contribution in [2.24, 2.45) is 21.5 Å². The Morgan fingerprint density at radius 3 is 1.45 bits per heavy atom. The summed E-state index contributed by atoms with van der Waals surface area (Å²) in [5.74, 6) is 0.243. The number of hydrogen-bond acceptors (Lipinski definition) is 6. The second kappa shape index (κ2) is 10.8. The third kappa shape index (κ3) is 7.07. The van der Waals surface area contributed by atoms with Crippen LogP contribution < -0.4 is 11.5 Å². The Bertz CT molecular complexity index is 920. The van der Waals surface area contributed by atoms with E-state index in [1.54, 1.807) is 12.1 Å². The van der Waals surface area contributed by atoms with E-state index in [1.165, 1.54) is 24.3 Å². The highest BCUT2D eigenvalue weighted by molar-refractivity contribution is 9.10. The number of aliphatic imine (C=N–C) groups is 2. The highest BCUT2D eigenvalue weighted by Crippen LogP contribution is 2.22. The predicted molar refractivity (Wildman–Crippen MR) is 120 cm³/mol. The van der Waals surface area contributed by atoms with Crippen LogP contribution in [0.3, 0.4) is 0 Å². The summed E-state index contributed by atoms with van der Waals surface area (Å²) in [4.78, 5) is 29.1. The molecule has 0 spiro atoms. The zero-order valence-corrected chi connectivity index (χ0v) is 18.6. The van der Waals surface area contributed by atoms with Crippen LogP contribution in [-0.4, -0.2) is 34.6 Å². The summed E-state index contributed by atoms with van der Waals surface area (Å²) in [7, 11) is 0. The lowest BCUT2D eigenvalue weighted by Crippen LogP contribution is -2.17. The number of nitrogens with zero attached hydrogens (tertiary/aromatic N) is 4. The molecule has 0 heterocycles. The third-order valence-electron chi connectivity index (χ3n) is 3.44. The van der Waals surface area contributed by atoms with E-state index < -0.39 is 9.85 Å². The van der Waals surface area contributed by atoms with Crippen molar-refractivity contribution in [1.82, 2.24) is 0 Å². The molecule has 29 heavy (non-hydrogen) atoms. The first-order valence-electron chi connectivity index (χ1n) is 7.68. The Morgan fingerprint density at radius 2 is 1.14 bits per heavy atom. The topological polar surface area (TPSA) is 163 Å². The summed E-state index contributed by atoms with van der Waals surface area (Å²) in [6.45, 7) is 0.367. The summed E-state index contributed by atoms with van der Waals surface area (Å²) >= 11 is 6.39. The smallest absolute Gasteiger partial charge is 0.271 e. The molecule has 2 aromatic carbocycles. The minimum atomic E-state index is -0.524. The number of benzene rings is 2. The van der Waals surface area contributed by atoms with E-state index in [1.807, 2.05) is 0 Å². The van der Waals surface area contributed by atoms with Crippen LogP contribution in [0.5, 0.6) is 0 Å².